The van der Waals surface area contributed by atoms with Crippen LogP contribution in [0.2, 0.25) is 0 Å². The number of benzene rings is 1. The second kappa shape index (κ2) is 6.44. The molecule has 3 rings (SSSR count). The molecule has 0 bridgehead atoms. The van der Waals surface area contributed by atoms with E-state index in [1.807, 2.05) is 0 Å². The normalized spacial score (nSPS) is 13.8. The molecule has 0 fully saturated rings. The van der Waals surface area contributed by atoms with Gasteiger partial charge in [0.05, 0.1) is 29.6 Å². The average Bonchev–Trinajstić information content (AvgIpc) is 2.56. The number of amides is 1. The Morgan fingerprint density at radius 3 is 2.71 bits per heavy atom. The van der Waals surface area contributed by atoms with E-state index in [0.717, 1.165) is 5.56 Å². The van der Waals surface area contributed by atoms with E-state index in [4.69, 9.17) is 4.74 Å². The maximum absolute atomic E-state index is 12.5. The topological polar surface area (TPSA) is 110 Å². The summed E-state index contributed by atoms with van der Waals surface area (Å²) in [6.45, 7) is 2.23. The van der Waals surface area contributed by atoms with Crippen LogP contribution in [-0.4, -0.2) is 30.9 Å². The Labute approximate surface area is 139 Å². The summed E-state index contributed by atoms with van der Waals surface area (Å²) in [4.78, 5) is 19.3. The molecule has 0 aliphatic carbocycles. The van der Waals surface area contributed by atoms with Crippen LogP contribution < -0.4 is 14.8 Å². The third-order valence-electron chi connectivity index (χ3n) is 3.44. The van der Waals surface area contributed by atoms with Crippen LogP contribution >= 0.6 is 0 Å². The zero-order valence-electron chi connectivity index (χ0n) is 12.9. The number of rotatable bonds is 5. The van der Waals surface area contributed by atoms with Gasteiger partial charge in [-0.2, -0.15) is 0 Å². The van der Waals surface area contributed by atoms with Gasteiger partial charge in [0.1, 0.15) is 0 Å². The summed E-state index contributed by atoms with van der Waals surface area (Å²) in [7, 11) is -3.77. The second-order valence-electron chi connectivity index (χ2n) is 5.16. The van der Waals surface area contributed by atoms with E-state index < -0.39 is 10.0 Å². The molecule has 1 aromatic heterocycles. The summed E-state index contributed by atoms with van der Waals surface area (Å²) in [6.07, 6.45) is 3.54. The number of hydrogen-bond acceptors (Lipinski definition) is 6. The second-order valence-corrected chi connectivity index (χ2v) is 6.84. The molecule has 8 nitrogen and oxygen atoms in total. The highest BCUT2D eigenvalue weighted by atomic mass is 32.2. The molecular weight excluding hydrogens is 332 g/mol. The molecule has 2 N–H and O–H groups in total. The van der Waals surface area contributed by atoms with Crippen LogP contribution in [0, 0.1) is 0 Å². The van der Waals surface area contributed by atoms with E-state index in [9.17, 15) is 13.2 Å². The fraction of sp³-hybridized carbons (Fsp3) is 0.267. The van der Waals surface area contributed by atoms with Crippen LogP contribution in [0.15, 0.2) is 35.5 Å². The van der Waals surface area contributed by atoms with Gasteiger partial charge in [-0.3, -0.25) is 9.52 Å². The maximum Gasteiger partial charge on any atom is 0.316 e. The highest BCUT2D eigenvalue weighted by Gasteiger charge is 2.20. The lowest BCUT2D eigenvalue weighted by Crippen LogP contribution is -2.20. The van der Waals surface area contributed by atoms with Gasteiger partial charge in [0.2, 0.25) is 5.91 Å². The van der Waals surface area contributed by atoms with Crippen molar-refractivity contribution in [3.05, 3.63) is 36.2 Å². The van der Waals surface area contributed by atoms with Crippen molar-refractivity contribution in [1.82, 2.24) is 9.97 Å². The summed E-state index contributed by atoms with van der Waals surface area (Å²) in [5, 5.41) is 2.72. The van der Waals surface area contributed by atoms with E-state index in [1.165, 1.54) is 18.5 Å². The van der Waals surface area contributed by atoms with Crippen molar-refractivity contribution in [3.63, 3.8) is 0 Å². The molecular formula is C15H16N4O4S. The highest BCUT2D eigenvalue weighted by Crippen LogP contribution is 2.26. The molecule has 1 aromatic carbocycles. The monoisotopic (exact) mass is 348 g/mol. The number of hydrogen-bond donors (Lipinski definition) is 2. The first-order chi connectivity index (χ1) is 11.5. The first kappa shape index (κ1) is 16.2. The molecule has 24 heavy (non-hydrogen) atoms. The number of nitrogens with zero attached hydrogens (tertiary/aromatic N) is 2. The van der Waals surface area contributed by atoms with Crippen LogP contribution in [-0.2, 0) is 21.2 Å². The van der Waals surface area contributed by atoms with Gasteiger partial charge in [0, 0.05) is 12.1 Å². The predicted octanol–water partition coefficient (Wildman–Crippen LogP) is 1.56. The summed E-state index contributed by atoms with van der Waals surface area (Å²) >= 11 is 0. The number of carbonyl (C=O) groups is 1. The lowest BCUT2D eigenvalue weighted by atomic mass is 10.0. The predicted molar refractivity (Wildman–Crippen MR) is 87.4 cm³/mol. The molecule has 0 saturated carbocycles. The zero-order chi connectivity index (χ0) is 17.2. The summed E-state index contributed by atoms with van der Waals surface area (Å²) in [5.74, 6) is -0.0669. The fourth-order valence-electron chi connectivity index (χ4n) is 2.31. The van der Waals surface area contributed by atoms with Gasteiger partial charge in [0.25, 0.3) is 10.0 Å². The summed E-state index contributed by atoms with van der Waals surface area (Å²) < 4.78 is 32.5. The Morgan fingerprint density at radius 2 is 2.00 bits per heavy atom. The number of ether oxygens (including phenoxy) is 1. The van der Waals surface area contributed by atoms with E-state index >= 15 is 0 Å². The molecule has 9 heteroatoms. The van der Waals surface area contributed by atoms with Crippen LogP contribution in [0.5, 0.6) is 6.01 Å². The minimum absolute atomic E-state index is 0.0669. The third kappa shape index (κ3) is 3.46. The Hall–Kier alpha value is -2.68. The third-order valence-corrected chi connectivity index (χ3v) is 4.82. The highest BCUT2D eigenvalue weighted by molar-refractivity contribution is 7.92. The summed E-state index contributed by atoms with van der Waals surface area (Å²) in [6, 6.07) is 4.79. The molecule has 1 aliphatic rings. The number of sulfonamides is 1. The van der Waals surface area contributed by atoms with Gasteiger partial charge in [-0.05, 0) is 37.1 Å². The average molecular weight is 348 g/mol. The Kier molecular flexibility index (Phi) is 4.34. The van der Waals surface area contributed by atoms with Gasteiger partial charge in [-0.25, -0.2) is 18.4 Å². The number of carbonyl (C=O) groups excluding carboxylic acids is 1. The number of anilines is 2. The lowest BCUT2D eigenvalue weighted by molar-refractivity contribution is -0.116. The number of fused-ring (bicyclic) bond motifs is 1. The van der Waals surface area contributed by atoms with Crippen LogP contribution in [0.3, 0.4) is 0 Å². The fourth-order valence-corrected chi connectivity index (χ4v) is 3.39. The number of aromatic nitrogens is 2. The van der Waals surface area contributed by atoms with Gasteiger partial charge < -0.3 is 10.1 Å². The Morgan fingerprint density at radius 1 is 1.25 bits per heavy atom. The number of nitrogens with one attached hydrogen (secondary N) is 2. The summed E-state index contributed by atoms with van der Waals surface area (Å²) in [5.41, 5.74) is 1.68. The SMILES string of the molecule is CCOc1ncc(NS(=O)(=O)c2ccc3c(c2)CCC(=O)N3)cn1. The molecule has 2 aromatic rings. The molecule has 126 valence electrons. The first-order valence-electron chi connectivity index (χ1n) is 7.38. The van der Waals surface area contributed by atoms with Crippen molar-refractivity contribution >= 4 is 27.3 Å². The minimum Gasteiger partial charge on any atom is -0.464 e. The van der Waals surface area contributed by atoms with Crippen molar-refractivity contribution in [2.45, 2.75) is 24.7 Å². The molecule has 0 atom stereocenters. The van der Waals surface area contributed by atoms with Gasteiger partial charge >= 0.3 is 6.01 Å². The molecule has 2 heterocycles. The smallest absolute Gasteiger partial charge is 0.316 e. The van der Waals surface area contributed by atoms with Gasteiger partial charge in [0.15, 0.2) is 0 Å². The van der Waals surface area contributed by atoms with E-state index in [0.29, 0.717) is 25.1 Å². The standard InChI is InChI=1S/C15H16N4O4S/c1-2-23-15-16-8-11(9-17-15)19-24(21,22)12-4-5-13-10(7-12)3-6-14(20)18-13/h4-5,7-9,19H,2-3,6H2,1H3,(H,18,20). The van der Waals surface area contributed by atoms with E-state index in [2.05, 4.69) is 20.0 Å². The van der Waals surface area contributed by atoms with Crippen molar-refractivity contribution in [3.8, 4) is 6.01 Å². The molecule has 0 unspecified atom stereocenters. The van der Waals surface area contributed by atoms with Gasteiger partial charge in [-0.1, -0.05) is 0 Å². The van der Waals surface area contributed by atoms with Gasteiger partial charge in [-0.15, -0.1) is 0 Å². The molecule has 1 aliphatic heterocycles. The Balaban J connectivity index is 1.81. The minimum atomic E-state index is -3.77. The zero-order valence-corrected chi connectivity index (χ0v) is 13.8. The van der Waals surface area contributed by atoms with Crippen molar-refractivity contribution in [1.29, 1.82) is 0 Å². The van der Waals surface area contributed by atoms with E-state index in [-0.39, 0.29) is 22.5 Å². The molecule has 0 spiro atoms. The van der Waals surface area contributed by atoms with Crippen LogP contribution in [0.25, 0.3) is 0 Å². The quantitative estimate of drug-likeness (QED) is 0.848. The lowest BCUT2D eigenvalue weighted by Gasteiger charge is -2.17. The van der Waals surface area contributed by atoms with E-state index in [1.54, 1.807) is 19.1 Å². The molecule has 0 radical (unpaired) electrons. The largest absolute Gasteiger partial charge is 0.464 e. The van der Waals surface area contributed by atoms with Crippen molar-refractivity contribution in [2.24, 2.45) is 0 Å². The van der Waals surface area contributed by atoms with Crippen molar-refractivity contribution in [2.75, 3.05) is 16.6 Å². The molecule has 0 saturated heterocycles. The maximum atomic E-state index is 12.5. The Bertz CT molecular complexity index is 866. The van der Waals surface area contributed by atoms with Crippen LogP contribution in [0.4, 0.5) is 11.4 Å². The number of aryl methyl sites for hydroxylation is 1. The molecule has 1 amide bonds. The first-order valence-corrected chi connectivity index (χ1v) is 8.86. The van der Waals surface area contributed by atoms with Crippen molar-refractivity contribution < 1.29 is 17.9 Å². The van der Waals surface area contributed by atoms with Crippen LogP contribution in [0.1, 0.15) is 18.9 Å².